The van der Waals surface area contributed by atoms with Gasteiger partial charge in [0.05, 0.1) is 42.6 Å². The van der Waals surface area contributed by atoms with Crippen molar-refractivity contribution >= 4 is 24.0 Å². The van der Waals surface area contributed by atoms with E-state index in [1.165, 1.54) is 37.7 Å². The van der Waals surface area contributed by atoms with Gasteiger partial charge in [0.15, 0.2) is 0 Å². The SMILES string of the molecule is C=N/C=C(\C=C(/C)OC)C(/N)=C/N(N)c1cc(C(=O)Nc2cc(C(F)(F)F)cc(CN3CCC3)c2OC)ccc1C. The molecule has 1 amide bonds. The monoisotopic (exact) mass is 572 g/mol. The predicted octanol–water partition coefficient (Wildman–Crippen LogP) is 5.10. The molecule has 1 heterocycles. The first-order valence-electron chi connectivity index (χ1n) is 12.7. The molecule has 3 rings (SSSR count). The van der Waals surface area contributed by atoms with Crippen LogP contribution in [0.15, 0.2) is 70.8 Å². The number of halogens is 3. The largest absolute Gasteiger partial charge is 0.501 e. The fourth-order valence-corrected chi connectivity index (χ4v) is 4.17. The average molecular weight is 573 g/mol. The van der Waals surface area contributed by atoms with Crippen LogP contribution in [-0.4, -0.2) is 44.8 Å². The Kier molecular flexibility index (Phi) is 10.2. The minimum atomic E-state index is -4.61. The van der Waals surface area contributed by atoms with E-state index in [4.69, 9.17) is 21.1 Å². The molecule has 0 aliphatic carbocycles. The summed E-state index contributed by atoms with van der Waals surface area (Å²) >= 11 is 0. The number of methoxy groups -OCH3 is 2. The quantitative estimate of drug-likeness (QED) is 0.113. The van der Waals surface area contributed by atoms with Gasteiger partial charge in [-0.15, -0.1) is 0 Å². The van der Waals surface area contributed by atoms with Crippen molar-refractivity contribution in [2.24, 2.45) is 16.6 Å². The molecule has 2 aromatic rings. The topological polar surface area (TPSA) is 118 Å². The van der Waals surface area contributed by atoms with Crippen LogP contribution >= 0.6 is 0 Å². The maximum atomic E-state index is 13.7. The number of carbonyl (C=O) groups excluding carboxylic acids is 1. The van der Waals surface area contributed by atoms with Gasteiger partial charge in [-0.25, -0.2) is 5.84 Å². The lowest BCUT2D eigenvalue weighted by molar-refractivity contribution is -0.137. The maximum Gasteiger partial charge on any atom is 0.416 e. The first-order valence-corrected chi connectivity index (χ1v) is 12.7. The van der Waals surface area contributed by atoms with Crippen LogP contribution < -0.4 is 26.6 Å². The summed E-state index contributed by atoms with van der Waals surface area (Å²) in [5.41, 5.74) is 7.68. The van der Waals surface area contributed by atoms with Crippen LogP contribution in [-0.2, 0) is 17.5 Å². The number of anilines is 2. The number of nitrogens with one attached hydrogen (secondary N) is 1. The third-order valence-electron chi connectivity index (χ3n) is 6.56. The number of hydrogen-bond donors (Lipinski definition) is 3. The number of aliphatic imine (C=N–C) groups is 1. The number of nitrogens with two attached hydrogens (primary N) is 2. The number of benzene rings is 2. The standard InChI is InChI=1S/C29H35F3N6O3/c1-18-7-8-20(13-26(18)38(34)17-24(33)21(15-35-3)11-19(2)40-4)28(39)36-25-14-23(29(30,31)32)12-22(27(25)41-5)16-37-9-6-10-37/h7-8,11-15,17H,3,6,9-10,16,33-34H2,1-2,4-5H3,(H,36,39)/b19-11+,21-15+,24-17-. The number of ether oxygens (including phenoxy) is 2. The van der Waals surface area contributed by atoms with Crippen LogP contribution in [0.2, 0.25) is 0 Å². The van der Waals surface area contributed by atoms with Gasteiger partial charge in [0, 0.05) is 35.6 Å². The maximum absolute atomic E-state index is 13.7. The minimum absolute atomic E-state index is 0.0780. The summed E-state index contributed by atoms with van der Waals surface area (Å²) in [6.07, 6.45) is 0.913. The van der Waals surface area contributed by atoms with Crippen molar-refractivity contribution in [1.29, 1.82) is 0 Å². The summed E-state index contributed by atoms with van der Waals surface area (Å²) in [5, 5.41) is 3.84. The molecule has 41 heavy (non-hydrogen) atoms. The summed E-state index contributed by atoms with van der Waals surface area (Å²) < 4.78 is 51.8. The third-order valence-corrected chi connectivity index (χ3v) is 6.56. The zero-order valence-corrected chi connectivity index (χ0v) is 23.5. The Morgan fingerprint density at radius 1 is 1.24 bits per heavy atom. The van der Waals surface area contributed by atoms with E-state index in [0.717, 1.165) is 37.2 Å². The van der Waals surface area contributed by atoms with Crippen molar-refractivity contribution in [3.63, 3.8) is 0 Å². The lowest BCUT2D eigenvalue weighted by Crippen LogP contribution is -2.36. The number of allylic oxidation sites excluding steroid dienone is 2. The normalized spacial score (nSPS) is 14.8. The zero-order chi connectivity index (χ0) is 30.3. The summed E-state index contributed by atoms with van der Waals surface area (Å²) in [5.74, 6) is 6.40. The summed E-state index contributed by atoms with van der Waals surface area (Å²) in [4.78, 5) is 19.1. The number of alkyl halides is 3. The Morgan fingerprint density at radius 2 is 1.95 bits per heavy atom. The number of amides is 1. The molecule has 12 heteroatoms. The van der Waals surface area contributed by atoms with Crippen LogP contribution in [0.1, 0.15) is 40.4 Å². The van der Waals surface area contributed by atoms with E-state index >= 15 is 0 Å². The molecule has 220 valence electrons. The van der Waals surface area contributed by atoms with Gasteiger partial charge in [-0.1, -0.05) is 6.07 Å². The van der Waals surface area contributed by atoms with E-state index in [1.54, 1.807) is 32.1 Å². The predicted molar refractivity (Wildman–Crippen MR) is 154 cm³/mol. The second kappa shape index (κ2) is 13.4. The number of hydrogen-bond acceptors (Lipinski definition) is 8. The minimum Gasteiger partial charge on any atom is -0.501 e. The van der Waals surface area contributed by atoms with Crippen LogP contribution in [0, 0.1) is 6.92 Å². The Hall–Kier alpha value is -4.29. The van der Waals surface area contributed by atoms with E-state index < -0.39 is 17.6 Å². The van der Waals surface area contributed by atoms with Crippen molar-refractivity contribution < 1.29 is 27.4 Å². The molecule has 0 saturated carbocycles. The number of nitrogens with zero attached hydrogens (tertiary/aromatic N) is 3. The molecule has 1 aliphatic rings. The summed E-state index contributed by atoms with van der Waals surface area (Å²) in [7, 11) is 2.88. The molecular weight excluding hydrogens is 537 g/mol. The number of rotatable bonds is 11. The molecule has 9 nitrogen and oxygen atoms in total. The molecule has 0 radical (unpaired) electrons. The van der Waals surface area contributed by atoms with Crippen LogP contribution in [0.5, 0.6) is 5.75 Å². The van der Waals surface area contributed by atoms with E-state index in [1.807, 2.05) is 4.90 Å². The molecule has 1 saturated heterocycles. The van der Waals surface area contributed by atoms with Gasteiger partial charge in [-0.3, -0.25) is 19.7 Å². The highest BCUT2D eigenvalue weighted by molar-refractivity contribution is 6.06. The van der Waals surface area contributed by atoms with E-state index in [9.17, 15) is 18.0 Å². The van der Waals surface area contributed by atoms with Gasteiger partial charge in [0.25, 0.3) is 5.91 Å². The van der Waals surface area contributed by atoms with Gasteiger partial charge in [0.1, 0.15) is 5.75 Å². The average Bonchev–Trinajstić information content (AvgIpc) is 2.89. The molecule has 5 N–H and O–H groups in total. The Bertz CT molecular complexity index is 1380. The van der Waals surface area contributed by atoms with Crippen molar-refractivity contribution in [2.45, 2.75) is 33.0 Å². The Morgan fingerprint density at radius 3 is 2.51 bits per heavy atom. The van der Waals surface area contributed by atoms with E-state index in [2.05, 4.69) is 17.0 Å². The molecule has 0 spiro atoms. The number of hydrazine groups is 1. The molecule has 0 aromatic heterocycles. The van der Waals surface area contributed by atoms with Gasteiger partial charge in [0.2, 0.25) is 0 Å². The lowest BCUT2D eigenvalue weighted by atomic mass is 10.0. The van der Waals surface area contributed by atoms with Crippen LogP contribution in [0.3, 0.4) is 0 Å². The highest BCUT2D eigenvalue weighted by atomic mass is 19.4. The van der Waals surface area contributed by atoms with Gasteiger partial charge < -0.3 is 20.5 Å². The third kappa shape index (κ3) is 7.89. The first-order chi connectivity index (χ1) is 19.4. The molecule has 1 fully saturated rings. The molecule has 1 aliphatic heterocycles. The van der Waals surface area contributed by atoms with Crippen molar-refractivity contribution in [3.8, 4) is 5.75 Å². The fourth-order valence-electron chi connectivity index (χ4n) is 4.17. The number of likely N-dealkylation sites (tertiary alicyclic amines) is 1. The second-order valence-electron chi connectivity index (χ2n) is 9.52. The van der Waals surface area contributed by atoms with Crippen LogP contribution in [0.4, 0.5) is 24.5 Å². The molecule has 0 atom stereocenters. The second-order valence-corrected chi connectivity index (χ2v) is 9.52. The van der Waals surface area contributed by atoms with E-state index in [0.29, 0.717) is 22.6 Å². The van der Waals surface area contributed by atoms with Gasteiger partial charge >= 0.3 is 6.18 Å². The molecule has 0 unspecified atom stereocenters. The highest BCUT2D eigenvalue weighted by Crippen LogP contribution is 2.39. The molecular formula is C29H35F3N6O3. The number of aryl methyl sites for hydroxylation is 1. The Balaban J connectivity index is 1.95. The lowest BCUT2D eigenvalue weighted by Gasteiger charge is -2.31. The van der Waals surface area contributed by atoms with Crippen molar-refractivity contribution in [2.75, 3.05) is 37.6 Å². The molecule has 2 aromatic carbocycles. The Labute approximate surface area is 237 Å². The van der Waals surface area contributed by atoms with Gasteiger partial charge in [-0.05, 0) is 76.0 Å². The van der Waals surface area contributed by atoms with Crippen molar-refractivity contribution in [1.82, 2.24) is 4.90 Å². The van der Waals surface area contributed by atoms with Gasteiger partial charge in [-0.2, -0.15) is 13.2 Å². The molecule has 0 bridgehead atoms. The first kappa shape index (κ1) is 31.2. The summed E-state index contributed by atoms with van der Waals surface area (Å²) in [6.45, 7) is 8.82. The number of carbonyl (C=O) groups is 1. The zero-order valence-electron chi connectivity index (χ0n) is 23.5. The smallest absolute Gasteiger partial charge is 0.416 e. The summed E-state index contributed by atoms with van der Waals surface area (Å²) in [6, 6.07) is 6.67. The fraction of sp³-hybridized carbons (Fsp3) is 0.310. The highest BCUT2D eigenvalue weighted by Gasteiger charge is 2.33. The van der Waals surface area contributed by atoms with E-state index in [-0.39, 0.29) is 29.2 Å². The van der Waals surface area contributed by atoms with Crippen molar-refractivity contribution in [3.05, 3.63) is 88.1 Å². The van der Waals surface area contributed by atoms with Crippen LogP contribution in [0.25, 0.3) is 0 Å².